The minimum atomic E-state index is 0.169. The van der Waals surface area contributed by atoms with Crippen molar-refractivity contribution in [3.8, 4) is 0 Å². The van der Waals surface area contributed by atoms with Crippen molar-refractivity contribution >= 4 is 17.4 Å². The first kappa shape index (κ1) is 12.7. The van der Waals surface area contributed by atoms with E-state index in [1.165, 1.54) is 5.69 Å². The lowest BCUT2D eigenvalue weighted by atomic mass is 10.3. The van der Waals surface area contributed by atoms with Crippen LogP contribution >= 0.6 is 0 Å². The van der Waals surface area contributed by atoms with Gasteiger partial charge in [-0.05, 0) is 12.5 Å². The summed E-state index contributed by atoms with van der Waals surface area (Å²) in [5, 5.41) is 3.05. The second-order valence-corrected chi connectivity index (χ2v) is 4.50. The van der Waals surface area contributed by atoms with E-state index in [1.54, 1.807) is 6.92 Å². The lowest BCUT2D eigenvalue weighted by molar-refractivity contribution is -0.128. The van der Waals surface area contributed by atoms with Crippen molar-refractivity contribution in [3.05, 3.63) is 18.3 Å². The molecule has 5 heteroatoms. The Kier molecular flexibility index (Phi) is 4.02. The Labute approximate surface area is 108 Å². The number of carbonyl (C=O) groups is 1. The highest BCUT2D eigenvalue weighted by Gasteiger charge is 2.16. The van der Waals surface area contributed by atoms with Crippen LogP contribution < -0.4 is 10.2 Å². The van der Waals surface area contributed by atoms with Gasteiger partial charge < -0.3 is 15.1 Å². The molecule has 18 heavy (non-hydrogen) atoms. The van der Waals surface area contributed by atoms with Crippen LogP contribution in [-0.2, 0) is 4.79 Å². The summed E-state index contributed by atoms with van der Waals surface area (Å²) >= 11 is 0. The number of carbonyl (C=O) groups excluding carboxylic acids is 1. The number of amides is 1. The van der Waals surface area contributed by atoms with Crippen molar-refractivity contribution in [1.82, 2.24) is 9.88 Å². The molecule has 1 aromatic rings. The van der Waals surface area contributed by atoms with Crippen molar-refractivity contribution in [2.45, 2.75) is 13.3 Å². The van der Waals surface area contributed by atoms with Gasteiger partial charge in [0.15, 0.2) is 0 Å². The predicted octanol–water partition coefficient (Wildman–Crippen LogP) is 1.18. The Morgan fingerprint density at radius 1 is 1.33 bits per heavy atom. The first-order chi connectivity index (χ1) is 8.70. The van der Waals surface area contributed by atoms with Crippen molar-refractivity contribution in [2.24, 2.45) is 0 Å². The van der Waals surface area contributed by atoms with Gasteiger partial charge in [-0.3, -0.25) is 4.79 Å². The molecule has 0 aromatic carbocycles. The first-order valence-corrected chi connectivity index (χ1v) is 6.35. The number of hydrogen-bond acceptors (Lipinski definition) is 4. The number of nitrogens with one attached hydrogen (secondary N) is 1. The number of pyridine rings is 1. The molecule has 2 heterocycles. The lowest BCUT2D eigenvalue weighted by Gasteiger charge is -2.23. The minimum Gasteiger partial charge on any atom is -0.373 e. The second kappa shape index (κ2) is 5.71. The third-order valence-corrected chi connectivity index (χ3v) is 3.31. The number of nitrogens with zero attached hydrogens (tertiary/aromatic N) is 3. The average Bonchev–Trinajstić information content (AvgIpc) is 2.64. The summed E-state index contributed by atoms with van der Waals surface area (Å²) in [6.45, 7) is 5.16. The maximum absolute atomic E-state index is 11.4. The fraction of sp³-hybridized carbons (Fsp3) is 0.538. The van der Waals surface area contributed by atoms with Gasteiger partial charge in [0.2, 0.25) is 5.91 Å². The van der Waals surface area contributed by atoms with E-state index in [1.807, 2.05) is 30.3 Å². The van der Waals surface area contributed by atoms with Gasteiger partial charge in [0.1, 0.15) is 5.82 Å². The molecule has 0 bridgehead atoms. The Bertz CT molecular complexity index is 421. The Morgan fingerprint density at radius 2 is 2.17 bits per heavy atom. The van der Waals surface area contributed by atoms with Crippen molar-refractivity contribution in [3.63, 3.8) is 0 Å². The normalized spacial score (nSPS) is 16.3. The van der Waals surface area contributed by atoms with Crippen LogP contribution in [0.25, 0.3) is 0 Å². The summed E-state index contributed by atoms with van der Waals surface area (Å²) in [6, 6.07) is 4.06. The molecular formula is C13H20N4O. The van der Waals surface area contributed by atoms with E-state index in [-0.39, 0.29) is 5.91 Å². The molecule has 0 unspecified atom stereocenters. The average molecular weight is 248 g/mol. The van der Waals surface area contributed by atoms with Crippen LogP contribution in [0.1, 0.15) is 13.3 Å². The van der Waals surface area contributed by atoms with Crippen molar-refractivity contribution in [1.29, 1.82) is 0 Å². The predicted molar refractivity (Wildman–Crippen MR) is 72.9 cm³/mol. The fourth-order valence-corrected chi connectivity index (χ4v) is 2.24. The van der Waals surface area contributed by atoms with E-state index in [0.29, 0.717) is 0 Å². The molecule has 0 saturated carbocycles. The zero-order chi connectivity index (χ0) is 13.0. The number of anilines is 2. The molecule has 1 aliphatic heterocycles. The molecule has 1 amide bonds. The Morgan fingerprint density at radius 3 is 2.89 bits per heavy atom. The molecule has 5 nitrogen and oxygen atoms in total. The van der Waals surface area contributed by atoms with Crippen LogP contribution in [0.15, 0.2) is 18.3 Å². The van der Waals surface area contributed by atoms with E-state index >= 15 is 0 Å². The maximum Gasteiger partial charge on any atom is 0.219 e. The summed E-state index contributed by atoms with van der Waals surface area (Å²) in [5.41, 5.74) is 1.17. The maximum atomic E-state index is 11.4. The zero-order valence-electron chi connectivity index (χ0n) is 11.0. The Balaban J connectivity index is 2.07. The summed E-state index contributed by atoms with van der Waals surface area (Å²) in [4.78, 5) is 19.8. The van der Waals surface area contributed by atoms with Crippen LogP contribution in [0.4, 0.5) is 11.5 Å². The molecule has 2 rings (SSSR count). The fourth-order valence-electron chi connectivity index (χ4n) is 2.24. The molecule has 0 atom stereocenters. The molecule has 0 spiro atoms. The molecule has 1 N–H and O–H groups in total. The number of aromatic nitrogens is 1. The van der Waals surface area contributed by atoms with Gasteiger partial charge in [-0.1, -0.05) is 0 Å². The largest absolute Gasteiger partial charge is 0.373 e. The quantitative estimate of drug-likeness (QED) is 0.854. The summed E-state index contributed by atoms with van der Waals surface area (Å²) < 4.78 is 0. The van der Waals surface area contributed by atoms with Crippen LogP contribution in [-0.4, -0.2) is 49.0 Å². The highest BCUT2D eigenvalue weighted by molar-refractivity contribution is 5.73. The standard InChI is InChI=1S/C13H20N4O/c1-11(18)16-6-3-7-17(9-8-16)12-4-5-15-13(10-12)14-2/h4-5,10H,3,6-9H2,1-2H3,(H,14,15). The van der Waals surface area contributed by atoms with Gasteiger partial charge >= 0.3 is 0 Å². The van der Waals surface area contributed by atoms with E-state index in [2.05, 4.69) is 15.2 Å². The van der Waals surface area contributed by atoms with Crippen LogP contribution in [0.5, 0.6) is 0 Å². The third-order valence-electron chi connectivity index (χ3n) is 3.31. The SMILES string of the molecule is CNc1cc(N2CCCN(C(C)=O)CC2)ccn1. The first-order valence-electron chi connectivity index (χ1n) is 6.35. The van der Waals surface area contributed by atoms with Crippen molar-refractivity contribution < 1.29 is 4.79 Å². The van der Waals surface area contributed by atoms with Gasteiger partial charge in [0, 0.05) is 58.1 Å². The minimum absolute atomic E-state index is 0.169. The molecule has 1 fully saturated rings. The topological polar surface area (TPSA) is 48.5 Å². The van der Waals surface area contributed by atoms with E-state index in [0.717, 1.165) is 38.4 Å². The zero-order valence-corrected chi connectivity index (χ0v) is 11.0. The van der Waals surface area contributed by atoms with Gasteiger partial charge in [0.05, 0.1) is 0 Å². The van der Waals surface area contributed by atoms with Gasteiger partial charge in [-0.15, -0.1) is 0 Å². The lowest BCUT2D eigenvalue weighted by Crippen LogP contribution is -2.33. The molecule has 0 aliphatic carbocycles. The van der Waals surface area contributed by atoms with Crippen molar-refractivity contribution in [2.75, 3.05) is 43.4 Å². The monoisotopic (exact) mass is 248 g/mol. The number of hydrogen-bond donors (Lipinski definition) is 1. The van der Waals surface area contributed by atoms with Gasteiger partial charge in [0.25, 0.3) is 0 Å². The van der Waals surface area contributed by atoms with Crippen LogP contribution in [0.2, 0.25) is 0 Å². The van der Waals surface area contributed by atoms with E-state index in [9.17, 15) is 4.79 Å². The molecule has 0 radical (unpaired) electrons. The van der Waals surface area contributed by atoms with Crippen LogP contribution in [0, 0.1) is 0 Å². The molecule has 1 aliphatic rings. The highest BCUT2D eigenvalue weighted by Crippen LogP contribution is 2.18. The summed E-state index contributed by atoms with van der Waals surface area (Å²) in [6.07, 6.45) is 2.82. The van der Waals surface area contributed by atoms with Gasteiger partial charge in [-0.2, -0.15) is 0 Å². The molecule has 98 valence electrons. The molecule has 1 aromatic heterocycles. The smallest absolute Gasteiger partial charge is 0.219 e. The molecule has 1 saturated heterocycles. The van der Waals surface area contributed by atoms with Crippen LogP contribution in [0.3, 0.4) is 0 Å². The molecular weight excluding hydrogens is 228 g/mol. The Hall–Kier alpha value is -1.78. The summed E-state index contributed by atoms with van der Waals surface area (Å²) in [7, 11) is 1.87. The van der Waals surface area contributed by atoms with E-state index in [4.69, 9.17) is 0 Å². The second-order valence-electron chi connectivity index (χ2n) is 4.50. The number of rotatable bonds is 2. The van der Waals surface area contributed by atoms with E-state index < -0.39 is 0 Å². The van der Waals surface area contributed by atoms with Gasteiger partial charge in [-0.25, -0.2) is 4.98 Å². The third kappa shape index (κ3) is 2.91. The highest BCUT2D eigenvalue weighted by atomic mass is 16.2. The summed E-state index contributed by atoms with van der Waals surface area (Å²) in [5.74, 6) is 1.04.